The van der Waals surface area contributed by atoms with E-state index in [0.29, 0.717) is 19.8 Å². The van der Waals surface area contributed by atoms with Crippen LogP contribution in [0.25, 0.3) is 0 Å². The molecule has 4 atom stereocenters. The van der Waals surface area contributed by atoms with Gasteiger partial charge in [0.2, 0.25) is 0 Å². The predicted octanol–water partition coefficient (Wildman–Crippen LogP) is 0.292. The van der Waals surface area contributed by atoms with Gasteiger partial charge in [0.1, 0.15) is 0 Å². The number of nitrogens with one attached hydrogen (secondary N) is 1. The second kappa shape index (κ2) is 6.50. The van der Waals surface area contributed by atoms with Crippen molar-refractivity contribution < 1.29 is 19.7 Å². The molecule has 0 bridgehead atoms. The molecule has 3 N–H and O–H groups in total. The van der Waals surface area contributed by atoms with E-state index in [1.165, 1.54) is 0 Å². The van der Waals surface area contributed by atoms with E-state index >= 15 is 0 Å². The molecule has 5 nitrogen and oxygen atoms in total. The average molecular weight is 273 g/mol. The second-order valence-corrected chi connectivity index (χ2v) is 6.36. The lowest BCUT2D eigenvalue weighted by molar-refractivity contribution is -0.0777. The van der Waals surface area contributed by atoms with Crippen LogP contribution in [-0.4, -0.2) is 60.9 Å². The number of aliphatic hydroxyl groups is 2. The minimum atomic E-state index is -0.505. The molecule has 0 aromatic heterocycles. The zero-order chi connectivity index (χ0) is 13.9. The van der Waals surface area contributed by atoms with Crippen molar-refractivity contribution in [3.05, 3.63) is 0 Å². The molecule has 2 fully saturated rings. The fourth-order valence-electron chi connectivity index (χ4n) is 2.70. The molecule has 112 valence electrons. The van der Waals surface area contributed by atoms with Crippen molar-refractivity contribution in [3.8, 4) is 0 Å². The molecule has 5 heteroatoms. The summed E-state index contributed by atoms with van der Waals surface area (Å²) < 4.78 is 10.9. The molecule has 1 aliphatic heterocycles. The van der Waals surface area contributed by atoms with Gasteiger partial charge in [-0.3, -0.25) is 0 Å². The van der Waals surface area contributed by atoms with Crippen molar-refractivity contribution in [2.75, 3.05) is 26.4 Å². The second-order valence-electron chi connectivity index (χ2n) is 6.36. The molecule has 0 aromatic carbocycles. The quantitative estimate of drug-likeness (QED) is 0.622. The van der Waals surface area contributed by atoms with Crippen LogP contribution in [0.1, 0.15) is 33.1 Å². The molecule has 4 unspecified atom stereocenters. The molecular weight excluding hydrogens is 246 g/mol. The van der Waals surface area contributed by atoms with Gasteiger partial charge in [0.15, 0.2) is 0 Å². The molecule has 0 aromatic rings. The van der Waals surface area contributed by atoms with Crippen LogP contribution in [0.2, 0.25) is 0 Å². The summed E-state index contributed by atoms with van der Waals surface area (Å²) in [5, 5.41) is 22.8. The van der Waals surface area contributed by atoms with Gasteiger partial charge >= 0.3 is 0 Å². The summed E-state index contributed by atoms with van der Waals surface area (Å²) >= 11 is 0. The van der Waals surface area contributed by atoms with Gasteiger partial charge in [-0.25, -0.2) is 0 Å². The van der Waals surface area contributed by atoms with Crippen molar-refractivity contribution >= 4 is 0 Å². The van der Waals surface area contributed by atoms with E-state index in [1.807, 2.05) is 13.8 Å². The van der Waals surface area contributed by atoms with E-state index in [0.717, 1.165) is 25.9 Å². The van der Waals surface area contributed by atoms with Gasteiger partial charge in [0.05, 0.1) is 31.5 Å². The van der Waals surface area contributed by atoms with Crippen LogP contribution in [0, 0.1) is 5.41 Å². The number of rotatable bonds is 7. The highest BCUT2D eigenvalue weighted by Gasteiger charge is 2.46. The highest BCUT2D eigenvalue weighted by Crippen LogP contribution is 2.40. The number of hydrogen-bond donors (Lipinski definition) is 3. The molecule has 1 heterocycles. The van der Waals surface area contributed by atoms with E-state index < -0.39 is 6.10 Å². The van der Waals surface area contributed by atoms with Crippen molar-refractivity contribution in [1.82, 2.24) is 5.32 Å². The number of ether oxygens (including phenoxy) is 2. The normalized spacial score (nSPS) is 35.1. The molecule has 1 aliphatic carbocycles. The Bertz CT molecular complexity index is 279. The Hall–Kier alpha value is -0.200. The van der Waals surface area contributed by atoms with E-state index in [1.54, 1.807) is 0 Å². The average Bonchev–Trinajstić information content (AvgIpc) is 2.87. The minimum absolute atomic E-state index is 0.0989. The first-order valence-electron chi connectivity index (χ1n) is 7.29. The minimum Gasteiger partial charge on any atom is -0.392 e. The van der Waals surface area contributed by atoms with Crippen molar-refractivity contribution in [3.63, 3.8) is 0 Å². The van der Waals surface area contributed by atoms with Crippen molar-refractivity contribution in [1.29, 1.82) is 0 Å². The topological polar surface area (TPSA) is 71.0 Å². The smallest absolute Gasteiger partial charge is 0.0897 e. The van der Waals surface area contributed by atoms with Crippen LogP contribution in [0.4, 0.5) is 0 Å². The largest absolute Gasteiger partial charge is 0.392 e. The lowest BCUT2D eigenvalue weighted by atomic mass is 9.64. The van der Waals surface area contributed by atoms with Crippen molar-refractivity contribution in [2.45, 2.75) is 57.5 Å². The summed E-state index contributed by atoms with van der Waals surface area (Å²) in [5.41, 5.74) is -0.0989. The zero-order valence-corrected chi connectivity index (χ0v) is 12.0. The Labute approximate surface area is 115 Å². The number of aliphatic hydroxyl groups excluding tert-OH is 2. The third-order valence-electron chi connectivity index (χ3n) is 4.45. The first-order valence-corrected chi connectivity index (χ1v) is 7.29. The molecule has 0 amide bonds. The first kappa shape index (κ1) is 15.2. The maximum atomic E-state index is 9.84. The number of hydrogen-bond acceptors (Lipinski definition) is 5. The van der Waals surface area contributed by atoms with E-state index in [9.17, 15) is 10.2 Å². The molecule has 19 heavy (non-hydrogen) atoms. The Kier molecular flexibility index (Phi) is 5.20. The van der Waals surface area contributed by atoms with Gasteiger partial charge in [0.25, 0.3) is 0 Å². The Morgan fingerprint density at radius 2 is 2.26 bits per heavy atom. The van der Waals surface area contributed by atoms with Gasteiger partial charge in [-0.05, 0) is 19.3 Å². The van der Waals surface area contributed by atoms with Gasteiger partial charge in [-0.15, -0.1) is 0 Å². The summed E-state index contributed by atoms with van der Waals surface area (Å²) in [6.45, 7) is 6.33. The SMILES string of the molecule is CC1(C)C(O)CC1NCC(O)COCC1CCCO1. The molecular formula is C14H27NO4. The van der Waals surface area contributed by atoms with Crippen LogP contribution < -0.4 is 5.32 Å². The Balaban J connectivity index is 1.53. The van der Waals surface area contributed by atoms with Gasteiger partial charge in [-0.1, -0.05) is 13.8 Å². The molecule has 0 radical (unpaired) electrons. The standard InChI is InChI=1S/C14H27NO4/c1-14(2)12(6-13(14)17)15-7-10(16)8-18-9-11-4-3-5-19-11/h10-13,15-17H,3-9H2,1-2H3. The van der Waals surface area contributed by atoms with Crippen LogP contribution in [-0.2, 0) is 9.47 Å². The summed E-state index contributed by atoms with van der Waals surface area (Å²) in [4.78, 5) is 0. The summed E-state index contributed by atoms with van der Waals surface area (Å²) in [7, 11) is 0. The third-order valence-corrected chi connectivity index (χ3v) is 4.45. The fraction of sp³-hybridized carbons (Fsp3) is 1.00. The monoisotopic (exact) mass is 273 g/mol. The Morgan fingerprint density at radius 1 is 1.47 bits per heavy atom. The van der Waals surface area contributed by atoms with Gasteiger partial charge < -0.3 is 25.0 Å². The highest BCUT2D eigenvalue weighted by atomic mass is 16.5. The van der Waals surface area contributed by atoms with Crippen LogP contribution in [0.15, 0.2) is 0 Å². The zero-order valence-electron chi connectivity index (χ0n) is 12.0. The summed E-state index contributed by atoms with van der Waals surface area (Å²) in [6.07, 6.45) is 2.39. The molecule has 1 saturated heterocycles. The fourth-order valence-corrected chi connectivity index (χ4v) is 2.70. The third kappa shape index (κ3) is 3.89. The summed E-state index contributed by atoms with van der Waals surface area (Å²) in [5.74, 6) is 0. The van der Waals surface area contributed by atoms with Crippen LogP contribution in [0.5, 0.6) is 0 Å². The van der Waals surface area contributed by atoms with Crippen molar-refractivity contribution in [2.24, 2.45) is 5.41 Å². The Morgan fingerprint density at radius 3 is 2.84 bits per heavy atom. The van der Waals surface area contributed by atoms with Gasteiger partial charge in [0, 0.05) is 24.6 Å². The first-order chi connectivity index (χ1) is 9.00. The predicted molar refractivity (Wildman–Crippen MR) is 72.0 cm³/mol. The van der Waals surface area contributed by atoms with E-state index in [2.05, 4.69) is 5.32 Å². The lowest BCUT2D eigenvalue weighted by Crippen LogP contribution is -2.61. The maximum absolute atomic E-state index is 9.84. The highest BCUT2D eigenvalue weighted by molar-refractivity contribution is 5.01. The molecule has 1 saturated carbocycles. The molecule has 2 rings (SSSR count). The maximum Gasteiger partial charge on any atom is 0.0897 e. The lowest BCUT2D eigenvalue weighted by Gasteiger charge is -2.49. The van der Waals surface area contributed by atoms with E-state index in [4.69, 9.17) is 9.47 Å². The van der Waals surface area contributed by atoms with Crippen LogP contribution >= 0.6 is 0 Å². The molecule has 0 spiro atoms. The summed E-state index contributed by atoms with van der Waals surface area (Å²) in [6, 6.07) is 0.273. The van der Waals surface area contributed by atoms with E-state index in [-0.39, 0.29) is 23.7 Å². The van der Waals surface area contributed by atoms with Crippen LogP contribution in [0.3, 0.4) is 0 Å². The van der Waals surface area contributed by atoms with Gasteiger partial charge in [-0.2, -0.15) is 0 Å². The molecule has 2 aliphatic rings.